The largest absolute Gasteiger partial charge is 0.383 e. The van der Waals surface area contributed by atoms with Crippen LogP contribution in [0.25, 0.3) is 21.0 Å². The molecule has 8 nitrogen and oxygen atoms in total. The van der Waals surface area contributed by atoms with Gasteiger partial charge in [-0.1, -0.05) is 23.7 Å². The predicted octanol–water partition coefficient (Wildman–Crippen LogP) is 3.15. The van der Waals surface area contributed by atoms with E-state index in [0.717, 1.165) is 32.8 Å². The minimum Gasteiger partial charge on any atom is -0.383 e. The third kappa shape index (κ3) is 4.20. The Bertz CT molecular complexity index is 1470. The number of aldehydes is 1. The number of carbonyl (C=O) groups excluding carboxylic acids is 1. The molecule has 0 aliphatic carbocycles. The van der Waals surface area contributed by atoms with Crippen LogP contribution in [0, 0.1) is 0 Å². The first-order chi connectivity index (χ1) is 15.8. The molecule has 33 heavy (non-hydrogen) atoms. The molecule has 1 saturated heterocycles. The summed E-state index contributed by atoms with van der Waals surface area (Å²) in [4.78, 5) is 22.1. The zero-order chi connectivity index (χ0) is 23.2. The number of halogens is 1. The van der Waals surface area contributed by atoms with Crippen molar-refractivity contribution in [2.75, 3.05) is 25.4 Å². The van der Waals surface area contributed by atoms with Gasteiger partial charge in [0.2, 0.25) is 0 Å². The number of hydrogen-bond donors (Lipinski definition) is 1. The molecule has 2 N–H and O–H groups in total. The van der Waals surface area contributed by atoms with E-state index in [1.165, 1.54) is 22.0 Å². The number of benzene rings is 2. The van der Waals surface area contributed by atoms with E-state index in [1.54, 1.807) is 24.3 Å². The maximum absolute atomic E-state index is 13.3. The van der Waals surface area contributed by atoms with Crippen LogP contribution in [0.15, 0.2) is 53.0 Å². The van der Waals surface area contributed by atoms with Crippen molar-refractivity contribution in [1.29, 1.82) is 0 Å². The monoisotopic (exact) mass is 501 g/mol. The first-order valence-electron chi connectivity index (χ1n) is 10.2. The average molecular weight is 502 g/mol. The summed E-state index contributed by atoms with van der Waals surface area (Å²) >= 11 is 7.23. The third-order valence-corrected chi connectivity index (χ3v) is 9.47. The van der Waals surface area contributed by atoms with Gasteiger partial charge < -0.3 is 10.5 Å². The Labute approximate surface area is 199 Å². The van der Waals surface area contributed by atoms with Gasteiger partial charge in [0, 0.05) is 41.3 Å². The number of aromatic nitrogens is 2. The quantitative estimate of drug-likeness (QED) is 0.418. The van der Waals surface area contributed by atoms with E-state index in [4.69, 9.17) is 17.3 Å². The molecule has 0 radical (unpaired) electrons. The Kier molecular flexibility index (Phi) is 5.79. The number of hydrogen-bond acceptors (Lipinski definition) is 8. The number of piperazine rings is 1. The van der Waals surface area contributed by atoms with Crippen LogP contribution in [0.5, 0.6) is 0 Å². The van der Waals surface area contributed by atoms with Crippen LogP contribution in [-0.2, 0) is 21.4 Å². The summed E-state index contributed by atoms with van der Waals surface area (Å²) in [6.45, 7) is 1.33. The fourth-order valence-corrected chi connectivity index (χ4v) is 7.33. The normalized spacial score (nSPS) is 18.2. The zero-order valence-corrected chi connectivity index (χ0v) is 19.8. The number of carbonyl (C=O) groups is 1. The van der Waals surface area contributed by atoms with Crippen LogP contribution in [0.4, 0.5) is 5.82 Å². The maximum atomic E-state index is 13.3. The fourth-order valence-electron chi connectivity index (χ4n) is 4.06. The molecule has 2 aromatic heterocycles. The van der Waals surface area contributed by atoms with Crippen molar-refractivity contribution in [1.82, 2.24) is 19.2 Å². The summed E-state index contributed by atoms with van der Waals surface area (Å²) in [6.07, 6.45) is 2.23. The smallest absolute Gasteiger partial charge is 0.252 e. The molecular weight excluding hydrogens is 482 g/mol. The zero-order valence-electron chi connectivity index (χ0n) is 17.4. The van der Waals surface area contributed by atoms with Gasteiger partial charge in [-0.2, -0.15) is 4.31 Å². The Morgan fingerprint density at radius 3 is 2.82 bits per heavy atom. The highest BCUT2D eigenvalue weighted by atomic mass is 35.5. The van der Waals surface area contributed by atoms with Crippen molar-refractivity contribution in [3.05, 3.63) is 59.4 Å². The highest BCUT2D eigenvalue weighted by Crippen LogP contribution is 2.33. The number of thiophene rings is 1. The summed E-state index contributed by atoms with van der Waals surface area (Å²) < 4.78 is 29.0. The molecule has 1 atom stereocenters. The number of nitrogen functional groups attached to an aromatic ring is 1. The molecule has 1 fully saturated rings. The second-order valence-electron chi connectivity index (χ2n) is 7.89. The molecule has 0 amide bonds. The maximum Gasteiger partial charge on any atom is 0.252 e. The van der Waals surface area contributed by atoms with E-state index >= 15 is 0 Å². The van der Waals surface area contributed by atoms with Gasteiger partial charge in [0.15, 0.2) is 0 Å². The lowest BCUT2D eigenvalue weighted by Crippen LogP contribution is -2.54. The summed E-state index contributed by atoms with van der Waals surface area (Å²) in [5.41, 5.74) is 7.59. The second-order valence-corrected chi connectivity index (χ2v) is 11.6. The van der Waals surface area contributed by atoms with Crippen LogP contribution in [-0.4, -0.2) is 59.6 Å². The number of anilines is 1. The standard InChI is InChI=1S/C22H20ClN5O3S2/c23-16-3-2-15-8-21(32-20(15)9-16)33(30,31)28-6-5-27(17(11-28)12-29)10-14-1-4-18-19(7-14)25-13-26-22(18)24/h1-4,7-9,12-13,17H,5-6,10-11H2,(H2,24,25,26). The fraction of sp³-hybridized carbons (Fsp3) is 0.227. The highest BCUT2D eigenvalue weighted by Gasteiger charge is 2.35. The van der Waals surface area contributed by atoms with E-state index in [1.807, 2.05) is 23.1 Å². The van der Waals surface area contributed by atoms with Gasteiger partial charge in [-0.25, -0.2) is 18.4 Å². The van der Waals surface area contributed by atoms with Crippen molar-refractivity contribution in [3.63, 3.8) is 0 Å². The lowest BCUT2D eigenvalue weighted by Gasteiger charge is -2.38. The molecule has 170 valence electrons. The molecule has 0 spiro atoms. The molecule has 1 unspecified atom stereocenters. The van der Waals surface area contributed by atoms with Gasteiger partial charge >= 0.3 is 0 Å². The van der Waals surface area contributed by atoms with Crippen molar-refractivity contribution in [2.45, 2.75) is 16.8 Å². The molecule has 0 saturated carbocycles. The lowest BCUT2D eigenvalue weighted by molar-refractivity contribution is -0.114. The van der Waals surface area contributed by atoms with Crippen LogP contribution >= 0.6 is 22.9 Å². The second kappa shape index (κ2) is 8.62. The molecule has 5 rings (SSSR count). The van der Waals surface area contributed by atoms with Crippen molar-refractivity contribution >= 4 is 66.1 Å². The van der Waals surface area contributed by atoms with Crippen molar-refractivity contribution in [3.8, 4) is 0 Å². The van der Waals surface area contributed by atoms with Crippen molar-refractivity contribution < 1.29 is 13.2 Å². The van der Waals surface area contributed by atoms with E-state index < -0.39 is 16.1 Å². The highest BCUT2D eigenvalue weighted by molar-refractivity contribution is 7.91. The molecular formula is C22H20ClN5O3S2. The van der Waals surface area contributed by atoms with Crippen LogP contribution < -0.4 is 5.73 Å². The first kappa shape index (κ1) is 22.2. The molecule has 4 aromatic rings. The van der Waals surface area contributed by atoms with E-state index in [2.05, 4.69) is 9.97 Å². The van der Waals surface area contributed by atoms with Crippen LogP contribution in [0.2, 0.25) is 5.02 Å². The predicted molar refractivity (Wildman–Crippen MR) is 130 cm³/mol. The van der Waals surface area contributed by atoms with E-state index in [-0.39, 0.29) is 10.8 Å². The van der Waals surface area contributed by atoms with Crippen LogP contribution in [0.3, 0.4) is 0 Å². The lowest BCUT2D eigenvalue weighted by atomic mass is 10.1. The van der Waals surface area contributed by atoms with Gasteiger partial charge in [0.25, 0.3) is 10.0 Å². The SMILES string of the molecule is Nc1ncnc2cc(CN3CCN(S(=O)(=O)c4cc5ccc(Cl)cc5s4)CC3C=O)ccc12. The minimum atomic E-state index is -3.72. The Hall–Kier alpha value is -2.63. The van der Waals surface area contributed by atoms with Crippen molar-refractivity contribution in [2.24, 2.45) is 0 Å². The van der Waals surface area contributed by atoms with Crippen LogP contribution in [0.1, 0.15) is 5.56 Å². The molecule has 1 aliphatic rings. The van der Waals surface area contributed by atoms with E-state index in [0.29, 0.717) is 30.5 Å². The van der Waals surface area contributed by atoms with Gasteiger partial charge in [-0.05, 0) is 41.3 Å². The molecule has 3 heterocycles. The van der Waals surface area contributed by atoms with E-state index in [9.17, 15) is 13.2 Å². The Balaban J connectivity index is 1.35. The molecule has 0 bridgehead atoms. The number of sulfonamides is 1. The van der Waals surface area contributed by atoms with Gasteiger partial charge in [0.1, 0.15) is 22.6 Å². The average Bonchev–Trinajstić information content (AvgIpc) is 3.23. The number of nitrogens with zero attached hydrogens (tertiary/aromatic N) is 4. The summed E-state index contributed by atoms with van der Waals surface area (Å²) in [7, 11) is -3.72. The summed E-state index contributed by atoms with van der Waals surface area (Å²) in [6, 6.07) is 12.1. The minimum absolute atomic E-state index is 0.101. The number of rotatable bonds is 5. The Morgan fingerprint density at radius 1 is 1.15 bits per heavy atom. The Morgan fingerprint density at radius 2 is 2.00 bits per heavy atom. The summed E-state index contributed by atoms with van der Waals surface area (Å²) in [5, 5.41) is 2.16. The molecule has 2 aromatic carbocycles. The number of fused-ring (bicyclic) bond motifs is 2. The first-order valence-corrected chi connectivity index (χ1v) is 12.9. The topological polar surface area (TPSA) is 109 Å². The van der Waals surface area contributed by atoms with Gasteiger partial charge in [-0.3, -0.25) is 4.90 Å². The van der Waals surface area contributed by atoms with Gasteiger partial charge in [-0.15, -0.1) is 11.3 Å². The summed E-state index contributed by atoms with van der Waals surface area (Å²) in [5.74, 6) is 0.416. The molecule has 1 aliphatic heterocycles. The van der Waals surface area contributed by atoms with Gasteiger partial charge in [0.05, 0.1) is 11.6 Å². The molecule has 11 heteroatoms. The number of nitrogens with two attached hydrogens (primary N) is 1. The third-order valence-electron chi connectivity index (χ3n) is 5.82.